The van der Waals surface area contributed by atoms with Gasteiger partial charge in [-0.05, 0) is 0 Å². The summed E-state index contributed by atoms with van der Waals surface area (Å²) in [5.74, 6) is -1.35. The molecule has 0 saturated heterocycles. The number of hydrogen-bond acceptors (Lipinski definition) is 4. The lowest BCUT2D eigenvalue weighted by Gasteiger charge is -1.92. The van der Waals surface area contributed by atoms with Gasteiger partial charge in [0.05, 0.1) is 0 Å². The zero-order valence-electron chi connectivity index (χ0n) is 7.05. The van der Waals surface area contributed by atoms with Crippen molar-refractivity contribution in [2.24, 2.45) is 7.05 Å². The van der Waals surface area contributed by atoms with Crippen LogP contribution in [-0.4, -0.2) is 35.5 Å². The lowest BCUT2D eigenvalue weighted by Crippen LogP contribution is -2.06. The fourth-order valence-electron chi connectivity index (χ4n) is 0.886. The number of carboxylic acid groups (broad SMARTS) is 1. The smallest absolute Gasteiger partial charge is 0.357 e. The molecule has 0 atom stereocenters. The molecule has 0 aliphatic heterocycles. The standard InChI is InChI=1S/C6H8N2O4S/c1-8-3-4(13(2,11)12)5(7-8)6(9)10/h3H,1-2H3,(H,9,10). The number of carboxylic acids is 1. The lowest BCUT2D eigenvalue weighted by molar-refractivity contribution is 0.0685. The lowest BCUT2D eigenvalue weighted by atomic mass is 10.4. The van der Waals surface area contributed by atoms with Crippen molar-refractivity contribution in [3.63, 3.8) is 0 Å². The van der Waals surface area contributed by atoms with Crippen LogP contribution in [0.5, 0.6) is 0 Å². The Balaban J connectivity index is 3.46. The quantitative estimate of drug-likeness (QED) is 0.702. The number of hydrogen-bond donors (Lipinski definition) is 1. The summed E-state index contributed by atoms with van der Waals surface area (Å²) in [6.45, 7) is 0. The van der Waals surface area contributed by atoms with Crippen LogP contribution in [0.2, 0.25) is 0 Å². The molecule has 0 radical (unpaired) electrons. The van der Waals surface area contributed by atoms with Gasteiger partial charge in [0.1, 0.15) is 4.90 Å². The number of aromatic nitrogens is 2. The van der Waals surface area contributed by atoms with E-state index in [1.807, 2.05) is 0 Å². The largest absolute Gasteiger partial charge is 0.476 e. The van der Waals surface area contributed by atoms with Crippen molar-refractivity contribution in [2.45, 2.75) is 4.90 Å². The van der Waals surface area contributed by atoms with Crippen LogP contribution in [0.1, 0.15) is 10.5 Å². The molecule has 1 N–H and O–H groups in total. The first-order chi connectivity index (χ1) is 5.82. The van der Waals surface area contributed by atoms with Gasteiger partial charge in [0.15, 0.2) is 15.5 Å². The fraction of sp³-hybridized carbons (Fsp3) is 0.333. The monoisotopic (exact) mass is 204 g/mol. The Morgan fingerprint density at radius 1 is 1.62 bits per heavy atom. The van der Waals surface area contributed by atoms with E-state index in [1.54, 1.807) is 0 Å². The molecule has 0 bridgehead atoms. The van der Waals surface area contributed by atoms with Gasteiger partial charge in [-0.25, -0.2) is 13.2 Å². The van der Waals surface area contributed by atoms with Crippen LogP contribution >= 0.6 is 0 Å². The van der Waals surface area contributed by atoms with Crippen molar-refractivity contribution in [3.8, 4) is 0 Å². The number of carbonyl (C=O) groups is 1. The van der Waals surface area contributed by atoms with Gasteiger partial charge in [0, 0.05) is 19.5 Å². The van der Waals surface area contributed by atoms with E-state index < -0.39 is 21.5 Å². The number of nitrogens with zero attached hydrogens (tertiary/aromatic N) is 2. The molecule has 0 amide bonds. The maximum absolute atomic E-state index is 11.1. The Labute approximate surface area is 74.7 Å². The van der Waals surface area contributed by atoms with E-state index in [9.17, 15) is 13.2 Å². The highest BCUT2D eigenvalue weighted by molar-refractivity contribution is 7.90. The van der Waals surface area contributed by atoms with Crippen LogP contribution in [0.4, 0.5) is 0 Å². The van der Waals surface area contributed by atoms with Gasteiger partial charge >= 0.3 is 5.97 Å². The van der Waals surface area contributed by atoms with E-state index in [0.717, 1.165) is 10.9 Å². The summed E-state index contributed by atoms with van der Waals surface area (Å²) in [4.78, 5) is 10.3. The van der Waals surface area contributed by atoms with Gasteiger partial charge in [-0.3, -0.25) is 4.68 Å². The first kappa shape index (κ1) is 9.72. The Hall–Kier alpha value is -1.37. The van der Waals surface area contributed by atoms with Crippen molar-refractivity contribution in [2.75, 3.05) is 6.26 Å². The van der Waals surface area contributed by atoms with Crippen molar-refractivity contribution < 1.29 is 18.3 Å². The van der Waals surface area contributed by atoms with Crippen LogP contribution in [0, 0.1) is 0 Å². The average Bonchev–Trinajstić information content (AvgIpc) is 2.29. The molecule has 72 valence electrons. The second kappa shape index (κ2) is 2.84. The third-order valence-corrected chi connectivity index (χ3v) is 2.49. The molecular formula is C6H8N2O4S. The van der Waals surface area contributed by atoms with Crippen molar-refractivity contribution in [1.29, 1.82) is 0 Å². The predicted molar refractivity (Wildman–Crippen MR) is 43.3 cm³/mol. The molecule has 0 fully saturated rings. The van der Waals surface area contributed by atoms with Crippen LogP contribution < -0.4 is 0 Å². The number of aromatic carboxylic acids is 1. The van der Waals surface area contributed by atoms with E-state index in [4.69, 9.17) is 5.11 Å². The predicted octanol–water partition coefficient (Wildman–Crippen LogP) is -0.478. The van der Waals surface area contributed by atoms with Crippen molar-refractivity contribution in [3.05, 3.63) is 11.9 Å². The number of aryl methyl sites for hydroxylation is 1. The zero-order valence-corrected chi connectivity index (χ0v) is 7.87. The third kappa shape index (κ3) is 1.86. The third-order valence-electron chi connectivity index (χ3n) is 1.40. The van der Waals surface area contributed by atoms with Gasteiger partial charge < -0.3 is 5.11 Å². The molecule has 0 saturated carbocycles. The maximum Gasteiger partial charge on any atom is 0.357 e. The summed E-state index contributed by atoms with van der Waals surface area (Å²) in [5.41, 5.74) is -0.440. The SMILES string of the molecule is Cn1cc(S(C)(=O)=O)c(C(=O)O)n1. The van der Waals surface area contributed by atoms with Gasteiger partial charge in [-0.1, -0.05) is 0 Å². The molecule has 0 unspecified atom stereocenters. The molecule has 0 aromatic carbocycles. The summed E-state index contributed by atoms with van der Waals surface area (Å²) >= 11 is 0. The minimum Gasteiger partial charge on any atom is -0.476 e. The summed E-state index contributed by atoms with van der Waals surface area (Å²) in [7, 11) is -2.06. The zero-order chi connectivity index (χ0) is 10.2. The molecular weight excluding hydrogens is 196 g/mol. The van der Waals surface area contributed by atoms with E-state index in [2.05, 4.69) is 5.10 Å². The van der Waals surface area contributed by atoms with Crippen LogP contribution in [-0.2, 0) is 16.9 Å². The van der Waals surface area contributed by atoms with Gasteiger partial charge in [0.25, 0.3) is 0 Å². The Bertz CT molecular complexity index is 445. The van der Waals surface area contributed by atoms with Gasteiger partial charge in [-0.15, -0.1) is 0 Å². The second-order valence-electron chi connectivity index (χ2n) is 2.59. The summed E-state index contributed by atoms with van der Waals surface area (Å²) in [5, 5.41) is 12.1. The normalized spacial score (nSPS) is 11.5. The minimum atomic E-state index is -3.52. The first-order valence-corrected chi connectivity index (χ1v) is 5.18. The van der Waals surface area contributed by atoms with E-state index in [-0.39, 0.29) is 4.90 Å². The molecule has 0 spiro atoms. The molecule has 1 aromatic rings. The van der Waals surface area contributed by atoms with E-state index in [1.165, 1.54) is 13.2 Å². The van der Waals surface area contributed by atoms with E-state index >= 15 is 0 Å². The molecule has 6 nitrogen and oxygen atoms in total. The Kier molecular flexibility index (Phi) is 2.12. The molecule has 13 heavy (non-hydrogen) atoms. The summed E-state index contributed by atoms with van der Waals surface area (Å²) in [6.07, 6.45) is 2.11. The Morgan fingerprint density at radius 2 is 2.15 bits per heavy atom. The van der Waals surface area contributed by atoms with Gasteiger partial charge in [-0.2, -0.15) is 5.10 Å². The van der Waals surface area contributed by atoms with Crippen molar-refractivity contribution >= 4 is 15.8 Å². The van der Waals surface area contributed by atoms with Gasteiger partial charge in [0.2, 0.25) is 0 Å². The topological polar surface area (TPSA) is 89.3 Å². The minimum absolute atomic E-state index is 0.262. The average molecular weight is 204 g/mol. The van der Waals surface area contributed by atoms with Crippen molar-refractivity contribution in [1.82, 2.24) is 9.78 Å². The molecule has 1 aromatic heterocycles. The number of sulfone groups is 1. The molecule has 7 heteroatoms. The molecule has 1 rings (SSSR count). The highest BCUT2D eigenvalue weighted by Crippen LogP contribution is 2.12. The first-order valence-electron chi connectivity index (χ1n) is 3.29. The van der Waals surface area contributed by atoms with E-state index in [0.29, 0.717) is 0 Å². The second-order valence-corrected chi connectivity index (χ2v) is 4.58. The van der Waals surface area contributed by atoms with Crippen LogP contribution in [0.25, 0.3) is 0 Å². The van der Waals surface area contributed by atoms with Crippen LogP contribution in [0.3, 0.4) is 0 Å². The summed E-state index contributed by atoms with van der Waals surface area (Å²) < 4.78 is 23.3. The molecule has 0 aliphatic carbocycles. The highest BCUT2D eigenvalue weighted by atomic mass is 32.2. The van der Waals surface area contributed by atoms with Crippen LogP contribution in [0.15, 0.2) is 11.1 Å². The Morgan fingerprint density at radius 3 is 2.46 bits per heavy atom. The fourth-order valence-corrected chi connectivity index (χ4v) is 1.71. The molecule has 1 heterocycles. The summed E-state index contributed by atoms with van der Waals surface area (Å²) in [6, 6.07) is 0. The molecule has 0 aliphatic rings. The number of rotatable bonds is 2. The highest BCUT2D eigenvalue weighted by Gasteiger charge is 2.22. The maximum atomic E-state index is 11.1.